The molecule has 1 amide bonds. The second kappa shape index (κ2) is 7.48. The average molecular weight is 486 g/mol. The van der Waals surface area contributed by atoms with Crippen molar-refractivity contribution in [2.45, 2.75) is 49.7 Å². The molecule has 2 aromatic rings. The number of alkyl halides is 3. The molecule has 0 aliphatic heterocycles. The normalized spacial score (nSPS) is 32.7. The van der Waals surface area contributed by atoms with Crippen molar-refractivity contribution in [2.24, 2.45) is 23.2 Å². The van der Waals surface area contributed by atoms with Gasteiger partial charge in [-0.15, -0.1) is 0 Å². The van der Waals surface area contributed by atoms with Gasteiger partial charge in [0.25, 0.3) is 0 Å². The molecule has 4 bridgehead atoms. The van der Waals surface area contributed by atoms with E-state index in [0.717, 1.165) is 22.3 Å². The summed E-state index contributed by atoms with van der Waals surface area (Å²) in [6.45, 7) is 0.0139. The van der Waals surface area contributed by atoms with Gasteiger partial charge in [0.05, 0.1) is 5.41 Å². The van der Waals surface area contributed by atoms with Crippen LogP contribution >= 0.6 is 0 Å². The van der Waals surface area contributed by atoms with E-state index in [9.17, 15) is 27.9 Å². The molecule has 2 atom stereocenters. The zero-order valence-corrected chi connectivity index (χ0v) is 19.0. The van der Waals surface area contributed by atoms with Crippen LogP contribution in [-0.4, -0.2) is 35.5 Å². The molecule has 5 nitrogen and oxygen atoms in total. The zero-order chi connectivity index (χ0) is 24.6. The number of alkyl carbamates (subject to hydrolysis) is 1. The number of carbonyl (C=O) groups excluding carboxylic acids is 1. The minimum atomic E-state index is -4.38. The van der Waals surface area contributed by atoms with Gasteiger partial charge in [0.2, 0.25) is 0 Å². The summed E-state index contributed by atoms with van der Waals surface area (Å²) in [5, 5.41) is 12.8. The molecule has 4 fully saturated rings. The number of carbonyl (C=O) groups is 2. The summed E-state index contributed by atoms with van der Waals surface area (Å²) in [5.41, 5.74) is 0.613. The van der Waals surface area contributed by atoms with Crippen LogP contribution in [0.1, 0.15) is 49.1 Å². The van der Waals surface area contributed by atoms with E-state index in [-0.39, 0.29) is 37.7 Å². The second-order valence-electron chi connectivity index (χ2n) is 10.7. The maximum Gasteiger partial charge on any atom is 0.408 e. The lowest BCUT2D eigenvalue weighted by Gasteiger charge is -2.63. The first-order valence-electron chi connectivity index (χ1n) is 12.1. The lowest BCUT2D eigenvalue weighted by molar-refractivity contribution is -0.285. The summed E-state index contributed by atoms with van der Waals surface area (Å²) in [7, 11) is 0. The summed E-state index contributed by atoms with van der Waals surface area (Å²) in [6, 6.07) is 15.7. The molecule has 0 saturated heterocycles. The highest BCUT2D eigenvalue weighted by atomic mass is 19.4. The minimum Gasteiger partial charge on any atom is -0.479 e. The molecular formula is C27H26F3NO4. The van der Waals surface area contributed by atoms with Gasteiger partial charge in [-0.25, -0.2) is 9.59 Å². The molecule has 0 heterocycles. The van der Waals surface area contributed by atoms with Crippen LogP contribution in [-0.2, 0) is 9.53 Å². The van der Waals surface area contributed by atoms with Gasteiger partial charge >= 0.3 is 18.2 Å². The lowest BCUT2D eigenvalue weighted by atomic mass is 9.43. The fraction of sp³-hybridized carbons (Fsp3) is 0.481. The quantitative estimate of drug-likeness (QED) is 0.579. The number of hydrogen-bond donors (Lipinski definition) is 2. The maximum absolute atomic E-state index is 14.0. The molecule has 5 aliphatic carbocycles. The maximum atomic E-state index is 14.0. The number of amides is 1. The van der Waals surface area contributed by atoms with E-state index in [1.54, 1.807) is 0 Å². The van der Waals surface area contributed by atoms with Crippen LogP contribution in [0.2, 0.25) is 0 Å². The number of halogens is 3. The highest BCUT2D eigenvalue weighted by molar-refractivity contribution is 5.86. The van der Waals surface area contributed by atoms with Crippen molar-refractivity contribution in [3.05, 3.63) is 59.7 Å². The summed E-state index contributed by atoms with van der Waals surface area (Å²) >= 11 is 0. The van der Waals surface area contributed by atoms with Crippen LogP contribution in [0.15, 0.2) is 48.5 Å². The van der Waals surface area contributed by atoms with Crippen LogP contribution in [0, 0.1) is 23.2 Å². The molecule has 8 heteroatoms. The summed E-state index contributed by atoms with van der Waals surface area (Å²) in [4.78, 5) is 25.5. The van der Waals surface area contributed by atoms with E-state index in [2.05, 4.69) is 5.32 Å². The van der Waals surface area contributed by atoms with Gasteiger partial charge < -0.3 is 15.2 Å². The molecule has 7 rings (SSSR count). The Balaban J connectivity index is 1.23. The van der Waals surface area contributed by atoms with Gasteiger partial charge in [0.15, 0.2) is 0 Å². The van der Waals surface area contributed by atoms with Gasteiger partial charge in [-0.2, -0.15) is 13.2 Å². The molecule has 35 heavy (non-hydrogen) atoms. The van der Waals surface area contributed by atoms with Crippen molar-refractivity contribution in [3.63, 3.8) is 0 Å². The Morgan fingerprint density at radius 2 is 1.49 bits per heavy atom. The van der Waals surface area contributed by atoms with Crippen LogP contribution in [0.25, 0.3) is 11.1 Å². The highest BCUT2D eigenvalue weighted by Gasteiger charge is 2.72. The Morgan fingerprint density at radius 3 is 2.00 bits per heavy atom. The molecular weight excluding hydrogens is 459 g/mol. The number of rotatable bonds is 4. The Morgan fingerprint density at radius 1 is 0.943 bits per heavy atom. The first-order valence-corrected chi connectivity index (χ1v) is 12.1. The van der Waals surface area contributed by atoms with Crippen LogP contribution in [0.5, 0.6) is 0 Å². The fourth-order valence-corrected chi connectivity index (χ4v) is 7.76. The van der Waals surface area contributed by atoms with Crippen molar-refractivity contribution in [1.29, 1.82) is 0 Å². The predicted molar refractivity (Wildman–Crippen MR) is 121 cm³/mol. The van der Waals surface area contributed by atoms with Crippen molar-refractivity contribution < 1.29 is 32.6 Å². The third-order valence-electron chi connectivity index (χ3n) is 9.09. The number of aliphatic carboxylic acids is 1. The van der Waals surface area contributed by atoms with Crippen molar-refractivity contribution in [2.75, 3.05) is 6.61 Å². The van der Waals surface area contributed by atoms with Gasteiger partial charge in [-0.1, -0.05) is 48.5 Å². The largest absolute Gasteiger partial charge is 0.479 e. The summed E-state index contributed by atoms with van der Waals surface area (Å²) in [6.07, 6.45) is -4.97. The first kappa shape index (κ1) is 22.4. The monoisotopic (exact) mass is 485 g/mol. The van der Waals surface area contributed by atoms with E-state index >= 15 is 0 Å². The average Bonchev–Trinajstić information content (AvgIpc) is 3.12. The molecule has 2 aromatic carbocycles. The Labute approximate surface area is 200 Å². The lowest BCUT2D eigenvalue weighted by Crippen LogP contribution is -2.73. The van der Waals surface area contributed by atoms with E-state index in [0.29, 0.717) is 12.8 Å². The molecule has 0 radical (unpaired) electrons. The highest BCUT2D eigenvalue weighted by Crippen LogP contribution is 2.68. The smallest absolute Gasteiger partial charge is 0.408 e. The molecule has 4 saturated carbocycles. The van der Waals surface area contributed by atoms with Crippen LogP contribution in [0.4, 0.5) is 18.0 Å². The number of carboxylic acid groups (broad SMARTS) is 1. The topological polar surface area (TPSA) is 75.6 Å². The molecule has 184 valence electrons. The number of benzene rings is 2. The number of nitrogens with one attached hydrogen (secondary N) is 1. The van der Waals surface area contributed by atoms with E-state index < -0.39 is 41.0 Å². The number of ether oxygens (including phenoxy) is 1. The molecule has 2 N–H and O–H groups in total. The van der Waals surface area contributed by atoms with Gasteiger partial charge in [0, 0.05) is 5.92 Å². The summed E-state index contributed by atoms with van der Waals surface area (Å²) < 4.78 is 47.5. The van der Waals surface area contributed by atoms with Crippen molar-refractivity contribution in [1.82, 2.24) is 5.32 Å². The number of fused-ring (bicyclic) bond motifs is 3. The fourth-order valence-electron chi connectivity index (χ4n) is 7.76. The van der Waals surface area contributed by atoms with Crippen LogP contribution < -0.4 is 5.32 Å². The Kier molecular flexibility index (Phi) is 4.80. The van der Waals surface area contributed by atoms with Crippen LogP contribution in [0.3, 0.4) is 0 Å². The van der Waals surface area contributed by atoms with Crippen molar-refractivity contribution >= 4 is 12.1 Å². The number of carboxylic acids is 1. The third kappa shape index (κ3) is 3.14. The van der Waals surface area contributed by atoms with E-state index in [1.165, 1.54) is 0 Å². The minimum absolute atomic E-state index is 0.0139. The standard InChI is InChI=1S/C27H26F3NO4/c28-27(29,30)25-11-15-9-16(12-25)26(23(32)33,17(10-15)13-25)31-24(34)35-14-22-20-7-3-1-5-18(20)19-6-2-4-8-21(19)22/h1-8,15-17,22H,9-14H2,(H,31,34)(H,32,33). The molecule has 5 aliphatic rings. The molecule has 0 spiro atoms. The van der Waals surface area contributed by atoms with Gasteiger partial charge in [-0.3, -0.25) is 0 Å². The Hall–Kier alpha value is -3.03. The molecule has 0 aromatic heterocycles. The second-order valence-corrected chi connectivity index (χ2v) is 10.7. The van der Waals surface area contributed by atoms with E-state index in [1.807, 2.05) is 48.5 Å². The summed E-state index contributed by atoms with van der Waals surface area (Å²) in [5.74, 6) is -3.16. The van der Waals surface area contributed by atoms with Crippen molar-refractivity contribution in [3.8, 4) is 11.1 Å². The first-order chi connectivity index (χ1) is 16.6. The predicted octanol–water partition coefficient (Wildman–Crippen LogP) is 5.74. The zero-order valence-electron chi connectivity index (χ0n) is 19.0. The van der Waals surface area contributed by atoms with E-state index in [4.69, 9.17) is 4.74 Å². The third-order valence-corrected chi connectivity index (χ3v) is 9.09. The van der Waals surface area contributed by atoms with Gasteiger partial charge in [-0.05, 0) is 72.1 Å². The van der Waals surface area contributed by atoms with Gasteiger partial charge in [0.1, 0.15) is 12.1 Å². The number of hydrogen-bond acceptors (Lipinski definition) is 3. The SMILES string of the molecule is O=C(NC1(C(=O)O)C2CC3CC1CC(C(F)(F)F)(C3)C2)OCC1c2ccccc2-c2ccccc21. The molecule has 2 unspecified atom stereocenters. The Bertz CT molecular complexity index is 1150.